The molecule has 36 heavy (non-hydrogen) atoms. The fraction of sp³-hybridized carbons (Fsp3) is 0.731. The lowest BCUT2D eigenvalue weighted by molar-refractivity contribution is 0.0205. The summed E-state index contributed by atoms with van der Waals surface area (Å²) in [5, 5.41) is 3.48. The van der Waals surface area contributed by atoms with Crippen LogP contribution in [0.25, 0.3) is 11.2 Å². The van der Waals surface area contributed by atoms with Crippen LogP contribution in [0.3, 0.4) is 0 Å². The SMILES string of the molecule is CC(C)(C)OC(=O)N1CCC(c2cn(COCCS(C)(C)C)c3ncc(NC4CCOC4)nc23)CC1. The normalized spacial score (nSPS) is 20.2. The Hall–Kier alpha value is -2.04. The molecule has 202 valence electrons. The smallest absolute Gasteiger partial charge is 0.410 e. The molecule has 1 amide bonds. The van der Waals surface area contributed by atoms with Gasteiger partial charge in [-0.3, -0.25) is 0 Å². The zero-order valence-electron chi connectivity index (χ0n) is 22.7. The van der Waals surface area contributed by atoms with Crippen molar-refractivity contribution >= 4 is 33.1 Å². The highest BCUT2D eigenvalue weighted by atomic mass is 32.3. The van der Waals surface area contributed by atoms with E-state index in [2.05, 4.69) is 34.8 Å². The van der Waals surface area contributed by atoms with E-state index in [1.807, 2.05) is 31.9 Å². The Morgan fingerprint density at radius 3 is 2.61 bits per heavy atom. The monoisotopic (exact) mass is 521 g/mol. The lowest BCUT2D eigenvalue weighted by atomic mass is 9.91. The summed E-state index contributed by atoms with van der Waals surface area (Å²) in [6.45, 7) is 9.71. The summed E-state index contributed by atoms with van der Waals surface area (Å²) in [5.74, 6) is 2.15. The molecule has 2 aliphatic heterocycles. The van der Waals surface area contributed by atoms with Crippen molar-refractivity contribution in [3.05, 3.63) is 18.0 Å². The van der Waals surface area contributed by atoms with Gasteiger partial charge in [0.1, 0.15) is 23.7 Å². The molecule has 1 atom stereocenters. The predicted octanol–water partition coefficient (Wildman–Crippen LogP) is 4.41. The molecule has 2 aliphatic rings. The molecule has 0 spiro atoms. The van der Waals surface area contributed by atoms with E-state index in [1.165, 1.54) is 5.56 Å². The van der Waals surface area contributed by atoms with Gasteiger partial charge in [0.2, 0.25) is 0 Å². The molecule has 4 heterocycles. The number of piperidine rings is 1. The van der Waals surface area contributed by atoms with Crippen molar-refractivity contribution in [3.8, 4) is 0 Å². The molecular weight excluding hydrogens is 478 g/mol. The van der Waals surface area contributed by atoms with Gasteiger partial charge >= 0.3 is 6.09 Å². The second-order valence-electron chi connectivity index (χ2n) is 11.8. The minimum Gasteiger partial charge on any atom is -0.444 e. The summed E-state index contributed by atoms with van der Waals surface area (Å²) in [7, 11) is -0.597. The molecule has 2 fully saturated rings. The number of fused-ring (bicyclic) bond motifs is 1. The lowest BCUT2D eigenvalue weighted by Crippen LogP contribution is -2.41. The first-order chi connectivity index (χ1) is 17.0. The largest absolute Gasteiger partial charge is 0.444 e. The van der Waals surface area contributed by atoms with E-state index >= 15 is 0 Å². The molecule has 0 saturated carbocycles. The molecule has 1 unspecified atom stereocenters. The molecule has 0 aromatic carbocycles. The summed E-state index contributed by atoms with van der Waals surface area (Å²) < 4.78 is 19.2. The number of anilines is 1. The third-order valence-corrected chi connectivity index (χ3v) is 7.92. The highest BCUT2D eigenvalue weighted by molar-refractivity contribution is 8.32. The standard InChI is InChI=1S/C26H43N5O4S/c1-26(2,3)35-25(32)30-10-7-19(8-11-30)21-16-31(18-34-13-14-36(4,5)6)24-23(21)29-22(15-27-24)28-20-9-12-33-17-20/h15-16,19-20H,7-14,17-18H2,1-6H3,(H,28,29). The number of aromatic nitrogens is 3. The van der Waals surface area contributed by atoms with E-state index in [4.69, 9.17) is 24.2 Å². The van der Waals surface area contributed by atoms with Crippen LogP contribution in [0.4, 0.5) is 10.6 Å². The Morgan fingerprint density at radius 2 is 1.97 bits per heavy atom. The first-order valence-corrected chi connectivity index (χ1v) is 15.9. The molecule has 0 aliphatic carbocycles. The highest BCUT2D eigenvalue weighted by Gasteiger charge is 2.30. The third kappa shape index (κ3) is 7.26. The number of rotatable bonds is 8. The highest BCUT2D eigenvalue weighted by Crippen LogP contribution is 2.35. The van der Waals surface area contributed by atoms with Crippen molar-refractivity contribution in [2.24, 2.45) is 0 Å². The molecular formula is C26H43N5O4S. The Bertz CT molecular complexity index is 1030. The first-order valence-electron chi connectivity index (χ1n) is 12.9. The summed E-state index contributed by atoms with van der Waals surface area (Å²) in [5.41, 5.74) is 2.45. The topological polar surface area (TPSA) is 90.7 Å². The van der Waals surface area contributed by atoms with E-state index in [9.17, 15) is 4.79 Å². The van der Waals surface area contributed by atoms with E-state index < -0.39 is 15.6 Å². The molecule has 4 rings (SSSR count). The van der Waals surface area contributed by atoms with Crippen LogP contribution < -0.4 is 5.32 Å². The van der Waals surface area contributed by atoms with E-state index in [1.54, 1.807) is 0 Å². The van der Waals surface area contributed by atoms with Gasteiger partial charge in [-0.05, 0) is 64.7 Å². The Labute approximate surface area is 216 Å². The first kappa shape index (κ1) is 27.0. The number of hydrogen-bond donors (Lipinski definition) is 1. The second-order valence-corrected chi connectivity index (χ2v) is 16.4. The minimum atomic E-state index is -0.597. The van der Waals surface area contributed by atoms with Crippen LogP contribution in [0, 0.1) is 0 Å². The maximum atomic E-state index is 12.5. The quantitative estimate of drug-likeness (QED) is 0.515. The number of carbonyl (C=O) groups is 1. The van der Waals surface area contributed by atoms with Crippen molar-refractivity contribution in [3.63, 3.8) is 0 Å². The van der Waals surface area contributed by atoms with Crippen molar-refractivity contribution in [1.29, 1.82) is 0 Å². The molecule has 2 aromatic heterocycles. The Kier molecular flexibility index (Phi) is 8.36. The maximum absolute atomic E-state index is 12.5. The predicted molar refractivity (Wildman–Crippen MR) is 146 cm³/mol. The zero-order chi connectivity index (χ0) is 25.9. The van der Waals surface area contributed by atoms with E-state index in [0.717, 1.165) is 55.2 Å². The van der Waals surface area contributed by atoms with Gasteiger partial charge < -0.3 is 29.0 Å². The number of hydrogen-bond acceptors (Lipinski definition) is 7. The van der Waals surface area contributed by atoms with Gasteiger partial charge in [0.25, 0.3) is 0 Å². The number of nitrogens with zero attached hydrogens (tertiary/aromatic N) is 4. The molecule has 0 radical (unpaired) electrons. The fourth-order valence-electron chi connectivity index (χ4n) is 4.57. The minimum absolute atomic E-state index is 0.234. The molecule has 0 bridgehead atoms. The van der Waals surface area contributed by atoms with E-state index in [0.29, 0.717) is 32.3 Å². The second kappa shape index (κ2) is 11.1. The molecule has 10 heteroatoms. The number of nitrogens with one attached hydrogen (secondary N) is 1. The number of amides is 1. The van der Waals surface area contributed by atoms with Gasteiger partial charge in [0.15, 0.2) is 5.65 Å². The maximum Gasteiger partial charge on any atom is 0.410 e. The summed E-state index contributed by atoms with van der Waals surface area (Å²) in [6, 6.07) is 0.266. The van der Waals surface area contributed by atoms with Gasteiger partial charge in [0.05, 0.1) is 25.5 Å². The average molecular weight is 522 g/mol. The lowest BCUT2D eigenvalue weighted by Gasteiger charge is -2.33. The Balaban J connectivity index is 1.51. The van der Waals surface area contributed by atoms with Crippen molar-refractivity contribution in [2.75, 3.05) is 62.7 Å². The summed E-state index contributed by atoms with van der Waals surface area (Å²) in [4.78, 5) is 24.1. The average Bonchev–Trinajstić information content (AvgIpc) is 3.43. The van der Waals surface area contributed by atoms with Crippen LogP contribution in [-0.4, -0.2) is 94.6 Å². The molecule has 1 N–H and O–H groups in total. The number of ether oxygens (including phenoxy) is 3. The van der Waals surface area contributed by atoms with E-state index in [-0.39, 0.29) is 12.1 Å². The zero-order valence-corrected chi connectivity index (χ0v) is 23.5. The van der Waals surface area contributed by atoms with Gasteiger partial charge in [-0.25, -0.2) is 24.8 Å². The number of likely N-dealkylation sites (tertiary alicyclic amines) is 1. The van der Waals surface area contributed by atoms with Crippen molar-refractivity contribution in [1.82, 2.24) is 19.4 Å². The number of carbonyl (C=O) groups excluding carboxylic acids is 1. The molecule has 2 saturated heterocycles. The fourth-order valence-corrected chi connectivity index (χ4v) is 5.19. The van der Waals surface area contributed by atoms with Gasteiger partial charge in [-0.2, -0.15) is 0 Å². The van der Waals surface area contributed by atoms with Gasteiger partial charge in [-0.1, -0.05) is 0 Å². The van der Waals surface area contributed by atoms with Crippen LogP contribution in [0.2, 0.25) is 0 Å². The van der Waals surface area contributed by atoms with Gasteiger partial charge in [-0.15, -0.1) is 0 Å². The molecule has 9 nitrogen and oxygen atoms in total. The van der Waals surface area contributed by atoms with Crippen molar-refractivity contribution in [2.45, 2.75) is 64.3 Å². The van der Waals surface area contributed by atoms with Crippen LogP contribution >= 0.6 is 10.0 Å². The van der Waals surface area contributed by atoms with Crippen LogP contribution in [0.1, 0.15) is 51.5 Å². The van der Waals surface area contributed by atoms with Crippen LogP contribution in [0.5, 0.6) is 0 Å². The summed E-state index contributed by atoms with van der Waals surface area (Å²) in [6.07, 6.45) is 13.3. The third-order valence-electron chi connectivity index (χ3n) is 6.53. The van der Waals surface area contributed by atoms with Crippen LogP contribution in [-0.2, 0) is 20.9 Å². The Morgan fingerprint density at radius 1 is 1.22 bits per heavy atom. The molecule has 2 aromatic rings. The van der Waals surface area contributed by atoms with Crippen LogP contribution in [0.15, 0.2) is 12.4 Å². The summed E-state index contributed by atoms with van der Waals surface area (Å²) >= 11 is 0. The van der Waals surface area contributed by atoms with Gasteiger partial charge in [0, 0.05) is 37.2 Å². The van der Waals surface area contributed by atoms with Crippen molar-refractivity contribution < 1.29 is 19.0 Å².